The van der Waals surface area contributed by atoms with Crippen molar-refractivity contribution in [2.24, 2.45) is 12.8 Å². The van der Waals surface area contributed by atoms with Crippen LogP contribution < -0.4 is 10.5 Å². The third kappa shape index (κ3) is 2.59. The van der Waals surface area contributed by atoms with Crippen LogP contribution in [0.15, 0.2) is 18.3 Å². The SMILES string of the molecule is Cc1nnc(COc2ccc(CN)nc2)n1C. The molecule has 0 spiro atoms. The molecule has 0 saturated carbocycles. The number of rotatable bonds is 4. The average Bonchev–Trinajstić information content (AvgIpc) is 2.68. The van der Waals surface area contributed by atoms with Gasteiger partial charge >= 0.3 is 0 Å². The second-order valence-electron chi connectivity index (χ2n) is 3.70. The summed E-state index contributed by atoms with van der Waals surface area (Å²) in [5.74, 6) is 2.34. The molecule has 90 valence electrons. The Kier molecular flexibility index (Phi) is 3.34. The van der Waals surface area contributed by atoms with Gasteiger partial charge in [0.05, 0.1) is 11.9 Å². The van der Waals surface area contributed by atoms with Crippen LogP contribution in [0.2, 0.25) is 0 Å². The zero-order valence-electron chi connectivity index (χ0n) is 9.92. The van der Waals surface area contributed by atoms with E-state index in [1.807, 2.05) is 30.7 Å². The molecule has 0 aromatic carbocycles. The van der Waals surface area contributed by atoms with Crippen molar-refractivity contribution >= 4 is 0 Å². The van der Waals surface area contributed by atoms with Crippen LogP contribution in [-0.4, -0.2) is 19.7 Å². The molecule has 2 N–H and O–H groups in total. The Labute approximate surface area is 99.4 Å². The highest BCUT2D eigenvalue weighted by Crippen LogP contribution is 2.11. The van der Waals surface area contributed by atoms with E-state index in [4.69, 9.17) is 10.5 Å². The van der Waals surface area contributed by atoms with E-state index in [2.05, 4.69) is 15.2 Å². The highest BCUT2D eigenvalue weighted by Gasteiger charge is 2.05. The monoisotopic (exact) mass is 233 g/mol. The van der Waals surface area contributed by atoms with Gasteiger partial charge in [-0.15, -0.1) is 10.2 Å². The minimum Gasteiger partial charge on any atom is -0.484 e. The minimum atomic E-state index is 0.376. The van der Waals surface area contributed by atoms with Crippen LogP contribution in [0.25, 0.3) is 0 Å². The van der Waals surface area contributed by atoms with Crippen LogP contribution in [0, 0.1) is 6.92 Å². The molecule has 0 aliphatic carbocycles. The van der Waals surface area contributed by atoms with Crippen molar-refractivity contribution in [3.63, 3.8) is 0 Å². The molecule has 2 aromatic heterocycles. The van der Waals surface area contributed by atoms with Gasteiger partial charge in [0, 0.05) is 13.6 Å². The number of nitrogens with zero attached hydrogens (tertiary/aromatic N) is 4. The number of ether oxygens (including phenoxy) is 1. The van der Waals surface area contributed by atoms with Crippen molar-refractivity contribution in [3.05, 3.63) is 35.7 Å². The molecule has 0 radical (unpaired) electrons. The first-order chi connectivity index (χ1) is 8.20. The van der Waals surface area contributed by atoms with Crippen LogP contribution in [0.5, 0.6) is 5.75 Å². The van der Waals surface area contributed by atoms with Crippen molar-refractivity contribution in [2.75, 3.05) is 0 Å². The number of aromatic nitrogens is 4. The summed E-state index contributed by atoms with van der Waals surface area (Å²) in [6, 6.07) is 3.69. The van der Waals surface area contributed by atoms with Crippen molar-refractivity contribution in [2.45, 2.75) is 20.1 Å². The fourth-order valence-corrected chi connectivity index (χ4v) is 1.34. The van der Waals surface area contributed by atoms with Crippen LogP contribution in [0.3, 0.4) is 0 Å². The van der Waals surface area contributed by atoms with Crippen LogP contribution in [0.1, 0.15) is 17.3 Å². The molecule has 0 atom stereocenters. The lowest BCUT2D eigenvalue weighted by Gasteiger charge is -2.05. The molecule has 0 amide bonds. The Morgan fingerprint density at radius 3 is 2.71 bits per heavy atom. The molecular weight excluding hydrogens is 218 g/mol. The first kappa shape index (κ1) is 11.5. The molecule has 6 nitrogen and oxygen atoms in total. The molecule has 0 aliphatic rings. The Balaban J connectivity index is 2.00. The standard InChI is InChI=1S/C11H15N5O/c1-8-14-15-11(16(8)2)7-17-10-4-3-9(5-12)13-6-10/h3-4,6H,5,7,12H2,1-2H3. The highest BCUT2D eigenvalue weighted by molar-refractivity contribution is 5.19. The van der Waals surface area contributed by atoms with Gasteiger partial charge in [0.2, 0.25) is 0 Å². The van der Waals surface area contributed by atoms with Crippen molar-refractivity contribution in [3.8, 4) is 5.75 Å². The molecule has 0 fully saturated rings. The molecule has 0 saturated heterocycles. The van der Waals surface area contributed by atoms with Crippen LogP contribution >= 0.6 is 0 Å². The molecule has 0 bridgehead atoms. The van der Waals surface area contributed by atoms with Gasteiger partial charge in [-0.3, -0.25) is 4.98 Å². The summed E-state index contributed by atoms with van der Waals surface area (Å²) in [4.78, 5) is 4.14. The first-order valence-corrected chi connectivity index (χ1v) is 5.33. The number of hydrogen-bond donors (Lipinski definition) is 1. The van der Waals surface area contributed by atoms with E-state index >= 15 is 0 Å². The van der Waals surface area contributed by atoms with Gasteiger partial charge in [0.15, 0.2) is 5.82 Å². The van der Waals surface area contributed by atoms with Gasteiger partial charge in [-0.25, -0.2) is 0 Å². The molecular formula is C11H15N5O. The second-order valence-corrected chi connectivity index (χ2v) is 3.70. The molecule has 6 heteroatoms. The van der Waals surface area contributed by atoms with E-state index in [0.717, 1.165) is 17.3 Å². The maximum atomic E-state index is 5.56. The number of nitrogens with two attached hydrogens (primary N) is 1. The van der Waals surface area contributed by atoms with Crippen LogP contribution in [-0.2, 0) is 20.2 Å². The van der Waals surface area contributed by atoms with E-state index in [-0.39, 0.29) is 0 Å². The summed E-state index contributed by atoms with van der Waals surface area (Å²) < 4.78 is 7.45. The fourth-order valence-electron chi connectivity index (χ4n) is 1.34. The Morgan fingerprint density at radius 2 is 2.18 bits per heavy atom. The first-order valence-electron chi connectivity index (χ1n) is 5.33. The summed E-state index contributed by atoms with van der Waals surface area (Å²) in [7, 11) is 1.91. The van der Waals surface area contributed by atoms with Crippen molar-refractivity contribution < 1.29 is 4.74 Å². The maximum Gasteiger partial charge on any atom is 0.170 e. The molecule has 0 unspecified atom stereocenters. The predicted molar refractivity (Wildman–Crippen MR) is 62.2 cm³/mol. The van der Waals surface area contributed by atoms with E-state index in [9.17, 15) is 0 Å². The van der Waals surface area contributed by atoms with Gasteiger partial charge in [-0.1, -0.05) is 0 Å². The summed E-state index contributed by atoms with van der Waals surface area (Å²) in [5, 5.41) is 7.97. The van der Waals surface area contributed by atoms with Crippen molar-refractivity contribution in [1.82, 2.24) is 19.7 Å². The molecule has 2 aromatic rings. The quantitative estimate of drug-likeness (QED) is 0.834. The molecule has 2 rings (SSSR count). The summed E-state index contributed by atoms with van der Waals surface area (Å²) in [5.41, 5.74) is 6.30. The zero-order valence-corrected chi connectivity index (χ0v) is 9.92. The van der Waals surface area contributed by atoms with Gasteiger partial charge in [-0.2, -0.15) is 0 Å². The predicted octanol–water partition coefficient (Wildman–Crippen LogP) is 0.556. The van der Waals surface area contributed by atoms with E-state index < -0.39 is 0 Å². The third-order valence-corrected chi connectivity index (χ3v) is 2.56. The third-order valence-electron chi connectivity index (χ3n) is 2.56. The number of pyridine rings is 1. The van der Waals surface area contributed by atoms with E-state index in [1.165, 1.54) is 0 Å². The van der Waals surface area contributed by atoms with Crippen molar-refractivity contribution in [1.29, 1.82) is 0 Å². The number of hydrogen-bond acceptors (Lipinski definition) is 5. The van der Waals surface area contributed by atoms with Crippen LogP contribution in [0.4, 0.5) is 0 Å². The minimum absolute atomic E-state index is 0.376. The Morgan fingerprint density at radius 1 is 1.35 bits per heavy atom. The average molecular weight is 233 g/mol. The second kappa shape index (κ2) is 4.92. The van der Waals surface area contributed by atoms with Gasteiger partial charge in [0.25, 0.3) is 0 Å². The fraction of sp³-hybridized carbons (Fsp3) is 0.364. The molecule has 17 heavy (non-hydrogen) atoms. The molecule has 2 heterocycles. The highest BCUT2D eigenvalue weighted by atomic mass is 16.5. The normalized spacial score (nSPS) is 10.5. The summed E-state index contributed by atoms with van der Waals surface area (Å²) in [6.07, 6.45) is 1.66. The Hall–Kier alpha value is -1.95. The Bertz CT molecular complexity index is 491. The van der Waals surface area contributed by atoms with Gasteiger partial charge in [-0.05, 0) is 19.1 Å². The van der Waals surface area contributed by atoms with E-state index in [1.54, 1.807) is 6.20 Å². The topological polar surface area (TPSA) is 78.8 Å². The lowest BCUT2D eigenvalue weighted by atomic mass is 10.3. The smallest absolute Gasteiger partial charge is 0.170 e. The number of aryl methyl sites for hydroxylation is 1. The zero-order chi connectivity index (χ0) is 12.3. The maximum absolute atomic E-state index is 5.56. The van der Waals surface area contributed by atoms with E-state index in [0.29, 0.717) is 18.9 Å². The van der Waals surface area contributed by atoms with Gasteiger partial charge < -0.3 is 15.0 Å². The summed E-state index contributed by atoms with van der Waals surface area (Å²) in [6.45, 7) is 2.71. The molecule has 0 aliphatic heterocycles. The van der Waals surface area contributed by atoms with Gasteiger partial charge in [0.1, 0.15) is 18.2 Å². The lowest BCUT2D eigenvalue weighted by molar-refractivity contribution is 0.289. The largest absolute Gasteiger partial charge is 0.484 e. The summed E-state index contributed by atoms with van der Waals surface area (Å²) >= 11 is 0. The lowest BCUT2D eigenvalue weighted by Crippen LogP contribution is -2.05.